The maximum absolute atomic E-state index is 10.6. The topological polar surface area (TPSA) is 109 Å². The molecular formula is C6H10Na2O6S2. The Morgan fingerprint density at radius 1 is 1.00 bits per heavy atom. The molecule has 84 valence electrons. The summed E-state index contributed by atoms with van der Waals surface area (Å²) in [7, 11) is -8.78. The molecule has 0 fully saturated rings. The molecule has 0 aromatic carbocycles. The van der Waals surface area contributed by atoms with E-state index in [4.69, 9.17) is 9.11 Å². The minimum atomic E-state index is -4.41. The van der Waals surface area contributed by atoms with Crippen LogP contribution in [0.5, 0.6) is 0 Å². The summed E-state index contributed by atoms with van der Waals surface area (Å²) in [6.07, 6.45) is 2.09. The number of allylic oxidation sites excluding steroid dienone is 3. The first-order valence-electron chi connectivity index (χ1n) is 3.57. The molecule has 0 aromatic rings. The minimum absolute atomic E-state index is 0. The van der Waals surface area contributed by atoms with E-state index in [9.17, 15) is 16.8 Å². The summed E-state index contributed by atoms with van der Waals surface area (Å²) < 4.78 is 59.8. The molecule has 0 bridgehead atoms. The van der Waals surface area contributed by atoms with Crippen LogP contribution in [-0.4, -0.2) is 85.1 Å². The predicted molar refractivity (Wildman–Crippen MR) is 62.8 cm³/mol. The van der Waals surface area contributed by atoms with Gasteiger partial charge in [-0.1, -0.05) is 6.08 Å². The predicted octanol–water partition coefficient (Wildman–Crippen LogP) is -0.973. The Hall–Kier alpha value is 1.30. The van der Waals surface area contributed by atoms with Crippen LogP contribution in [-0.2, 0) is 20.2 Å². The molecule has 16 heavy (non-hydrogen) atoms. The molecule has 6 nitrogen and oxygen atoms in total. The monoisotopic (exact) mass is 288 g/mol. The summed E-state index contributed by atoms with van der Waals surface area (Å²) in [6.45, 7) is 0. The summed E-state index contributed by atoms with van der Waals surface area (Å²) in [5, 5.41) is 0. The Morgan fingerprint density at radius 3 is 1.88 bits per heavy atom. The van der Waals surface area contributed by atoms with Crippen molar-refractivity contribution in [1.29, 1.82) is 0 Å². The van der Waals surface area contributed by atoms with E-state index in [1.54, 1.807) is 0 Å². The van der Waals surface area contributed by atoms with Crippen molar-refractivity contribution in [1.82, 2.24) is 0 Å². The third-order valence-electron chi connectivity index (χ3n) is 1.67. The zero-order chi connectivity index (χ0) is 11.0. The molecule has 1 aliphatic rings. The first-order chi connectivity index (χ1) is 6.21. The molecule has 0 saturated carbocycles. The fraction of sp³-hybridized carbons (Fsp3) is 0.333. The van der Waals surface area contributed by atoms with E-state index in [1.807, 2.05) is 0 Å². The van der Waals surface area contributed by atoms with Gasteiger partial charge in [-0.2, -0.15) is 16.8 Å². The van der Waals surface area contributed by atoms with Crippen molar-refractivity contribution >= 4 is 79.4 Å². The van der Waals surface area contributed by atoms with Crippen molar-refractivity contribution in [2.75, 3.05) is 0 Å². The Kier molecular flexibility index (Phi) is 8.63. The molecule has 10 heteroatoms. The van der Waals surface area contributed by atoms with Gasteiger partial charge in [0.25, 0.3) is 20.2 Å². The first kappa shape index (κ1) is 19.6. The molecule has 0 atom stereocenters. The fourth-order valence-electron chi connectivity index (χ4n) is 1.03. The van der Waals surface area contributed by atoms with Gasteiger partial charge in [0.05, 0.1) is 9.81 Å². The Labute approximate surface area is 138 Å². The van der Waals surface area contributed by atoms with Crippen molar-refractivity contribution in [3.05, 3.63) is 22.0 Å². The first-order valence-corrected chi connectivity index (χ1v) is 6.45. The number of hydrogen-bond acceptors (Lipinski definition) is 4. The second-order valence-electron chi connectivity index (χ2n) is 2.71. The molecule has 0 aliphatic heterocycles. The van der Waals surface area contributed by atoms with Crippen molar-refractivity contribution in [3.8, 4) is 0 Å². The van der Waals surface area contributed by atoms with Crippen molar-refractivity contribution in [2.24, 2.45) is 0 Å². The van der Waals surface area contributed by atoms with Crippen LogP contribution in [0.4, 0.5) is 0 Å². The van der Waals surface area contributed by atoms with Crippen molar-refractivity contribution in [2.45, 2.75) is 12.8 Å². The third-order valence-corrected chi connectivity index (χ3v) is 3.53. The van der Waals surface area contributed by atoms with Gasteiger partial charge in [-0.3, -0.25) is 9.11 Å². The zero-order valence-corrected chi connectivity index (χ0v) is 8.55. The van der Waals surface area contributed by atoms with Crippen LogP contribution in [0, 0.1) is 0 Å². The quantitative estimate of drug-likeness (QED) is 0.500. The average molecular weight is 288 g/mol. The number of hydrogen-bond donors (Lipinski definition) is 2. The fourth-order valence-corrected chi connectivity index (χ4v) is 2.38. The van der Waals surface area contributed by atoms with Crippen LogP contribution in [0.1, 0.15) is 12.8 Å². The van der Waals surface area contributed by atoms with Crippen LogP contribution in [0.25, 0.3) is 0 Å². The van der Waals surface area contributed by atoms with Crippen molar-refractivity contribution < 1.29 is 25.9 Å². The van der Waals surface area contributed by atoms with E-state index in [0.717, 1.165) is 6.08 Å². The van der Waals surface area contributed by atoms with Gasteiger partial charge in [0.15, 0.2) is 0 Å². The summed E-state index contributed by atoms with van der Waals surface area (Å²) in [5.74, 6) is 0. The van der Waals surface area contributed by atoms with E-state index in [2.05, 4.69) is 0 Å². The van der Waals surface area contributed by atoms with Gasteiger partial charge in [0.2, 0.25) is 0 Å². The van der Waals surface area contributed by atoms with E-state index in [0.29, 0.717) is 0 Å². The van der Waals surface area contributed by atoms with E-state index in [1.165, 1.54) is 6.08 Å². The van der Waals surface area contributed by atoms with Gasteiger partial charge >= 0.3 is 59.1 Å². The maximum atomic E-state index is 10.6. The van der Waals surface area contributed by atoms with Gasteiger partial charge in [0, 0.05) is 0 Å². The van der Waals surface area contributed by atoms with Crippen LogP contribution < -0.4 is 0 Å². The molecule has 0 unspecified atom stereocenters. The molecule has 0 radical (unpaired) electrons. The molecule has 2 N–H and O–H groups in total. The van der Waals surface area contributed by atoms with E-state index in [-0.39, 0.29) is 72.0 Å². The van der Waals surface area contributed by atoms with Gasteiger partial charge in [-0.15, -0.1) is 0 Å². The van der Waals surface area contributed by atoms with Crippen LogP contribution in [0.2, 0.25) is 0 Å². The normalized spacial score (nSPS) is 16.4. The molecular weight excluding hydrogens is 278 g/mol. The SMILES string of the molecule is O=S(=O)(O)C1=CCCC(S(=O)(=O)O)=C1.[NaH].[NaH]. The summed E-state index contributed by atoms with van der Waals surface area (Å²) in [6, 6.07) is 0. The van der Waals surface area contributed by atoms with Crippen LogP contribution in [0.3, 0.4) is 0 Å². The van der Waals surface area contributed by atoms with Gasteiger partial charge < -0.3 is 0 Å². The number of rotatable bonds is 2. The second kappa shape index (κ2) is 7.03. The van der Waals surface area contributed by atoms with E-state index < -0.39 is 30.0 Å². The molecule has 0 saturated heterocycles. The van der Waals surface area contributed by atoms with Gasteiger partial charge in [-0.25, -0.2) is 0 Å². The Morgan fingerprint density at radius 2 is 1.50 bits per heavy atom. The van der Waals surface area contributed by atoms with Gasteiger partial charge in [0.1, 0.15) is 0 Å². The second-order valence-corrected chi connectivity index (χ2v) is 5.60. The van der Waals surface area contributed by atoms with E-state index >= 15 is 0 Å². The Bertz CT molecular complexity index is 501. The Balaban J connectivity index is 0. The molecule has 1 rings (SSSR count). The standard InChI is InChI=1S/C6H8O6S2.2Na.2H/c7-13(8,9)5-2-1-3-6(4-5)14(10,11)12;;;;/h2,4H,1,3H2,(H,7,8,9)(H,10,11,12);;;;. The molecule has 0 spiro atoms. The molecule has 1 aliphatic carbocycles. The molecule has 0 amide bonds. The summed E-state index contributed by atoms with van der Waals surface area (Å²) >= 11 is 0. The van der Waals surface area contributed by atoms with Crippen molar-refractivity contribution in [3.63, 3.8) is 0 Å². The summed E-state index contributed by atoms with van der Waals surface area (Å²) in [4.78, 5) is -0.913. The van der Waals surface area contributed by atoms with Crippen LogP contribution >= 0.6 is 0 Å². The molecule has 0 aromatic heterocycles. The third kappa shape index (κ3) is 5.76. The summed E-state index contributed by atoms with van der Waals surface area (Å²) in [5.41, 5.74) is 0. The zero-order valence-electron chi connectivity index (χ0n) is 6.91. The van der Waals surface area contributed by atoms with Gasteiger partial charge in [-0.05, 0) is 18.9 Å². The average Bonchev–Trinajstić information content (AvgIpc) is 2.01. The van der Waals surface area contributed by atoms with Crippen LogP contribution in [0.15, 0.2) is 22.0 Å². The molecule has 0 heterocycles.